The molecule has 0 aromatic heterocycles. The molecule has 0 aliphatic carbocycles. The molecule has 6 aromatic rings. The van der Waals surface area contributed by atoms with E-state index < -0.39 is 0 Å². The van der Waals surface area contributed by atoms with Crippen LogP contribution in [0.2, 0.25) is 35.2 Å². The lowest BCUT2D eigenvalue weighted by molar-refractivity contribution is 0.0276. The Morgan fingerprint density at radius 2 is 0.833 bits per heavy atom. The van der Waals surface area contributed by atoms with Gasteiger partial charge in [0.25, 0.3) is 0 Å². The molecule has 3 aliphatic rings. The molecule has 14 heteroatoms. The van der Waals surface area contributed by atoms with Crippen LogP contribution in [0.3, 0.4) is 0 Å². The Morgan fingerprint density at radius 3 is 1.27 bits per heavy atom. The second-order valence-corrected chi connectivity index (χ2v) is 18.8. The Labute approximate surface area is 423 Å². The van der Waals surface area contributed by atoms with Gasteiger partial charge in [0.05, 0.1) is 43.2 Å². The predicted octanol–water partition coefficient (Wildman–Crippen LogP) is 13.6. The Hall–Kier alpha value is -3.09. The molecule has 0 saturated carbocycles. The first-order chi connectivity index (χ1) is 32.1. The van der Waals surface area contributed by atoms with Crippen LogP contribution in [0.25, 0.3) is 0 Å². The zero-order valence-corrected chi connectivity index (χ0v) is 41.5. The molecule has 3 atom stereocenters. The summed E-state index contributed by atoms with van der Waals surface area (Å²) in [4.78, 5) is 0. The van der Waals surface area contributed by atoms with Crippen molar-refractivity contribution in [3.8, 4) is 5.75 Å². The minimum Gasteiger partial charge on any atom is -0.487 e. The molecule has 0 radical (unpaired) electrons. The molecular formula is C52H52Cl7N3O4. The molecule has 3 unspecified atom stereocenters. The monoisotopic (exact) mass is 1030 g/mol. The van der Waals surface area contributed by atoms with E-state index >= 15 is 0 Å². The molecule has 9 rings (SSSR count). The number of hydrogen-bond acceptors (Lipinski definition) is 7. The fourth-order valence-electron chi connectivity index (χ4n) is 7.69. The maximum atomic E-state index is 6.33. The minimum absolute atomic E-state index is 0.0216. The van der Waals surface area contributed by atoms with Crippen molar-refractivity contribution in [2.45, 2.75) is 44.2 Å². The first-order valence-electron chi connectivity index (χ1n) is 22.0. The van der Waals surface area contributed by atoms with Gasteiger partial charge in [-0.15, -0.1) is 0 Å². The molecule has 0 bridgehead atoms. The third kappa shape index (κ3) is 14.7. The van der Waals surface area contributed by atoms with Gasteiger partial charge in [-0.25, -0.2) is 0 Å². The number of benzene rings is 6. The van der Waals surface area contributed by atoms with E-state index in [1.807, 2.05) is 54.6 Å². The molecule has 0 spiro atoms. The second kappa shape index (κ2) is 26.0. The molecule has 3 aliphatic heterocycles. The zero-order chi connectivity index (χ0) is 46.3. The van der Waals surface area contributed by atoms with E-state index in [4.69, 9.17) is 100 Å². The summed E-state index contributed by atoms with van der Waals surface area (Å²) in [6.45, 7) is 7.79. The Balaban J connectivity index is 0.000000147. The highest BCUT2D eigenvalue weighted by Crippen LogP contribution is 2.33. The molecule has 7 nitrogen and oxygen atoms in total. The van der Waals surface area contributed by atoms with Crippen molar-refractivity contribution in [3.63, 3.8) is 0 Å². The van der Waals surface area contributed by atoms with E-state index in [2.05, 4.69) is 64.5 Å². The van der Waals surface area contributed by atoms with Gasteiger partial charge in [-0.1, -0.05) is 154 Å². The topological polar surface area (TPSA) is 73.0 Å². The Morgan fingerprint density at radius 1 is 0.424 bits per heavy atom. The summed E-state index contributed by atoms with van der Waals surface area (Å²) < 4.78 is 23.0. The summed E-state index contributed by atoms with van der Waals surface area (Å²) in [7, 11) is 0. The lowest BCUT2D eigenvalue weighted by Gasteiger charge is -2.24. The van der Waals surface area contributed by atoms with Gasteiger partial charge in [0, 0.05) is 81.4 Å². The van der Waals surface area contributed by atoms with E-state index in [1.165, 1.54) is 22.3 Å². The number of rotatable bonds is 11. The average molecular weight is 1030 g/mol. The van der Waals surface area contributed by atoms with Gasteiger partial charge in [0.1, 0.15) is 12.4 Å². The molecule has 66 heavy (non-hydrogen) atoms. The maximum Gasteiger partial charge on any atom is 0.138 e. The van der Waals surface area contributed by atoms with E-state index in [9.17, 15) is 0 Å². The molecule has 3 N–H and O–H groups in total. The fraction of sp³-hybridized carbons (Fsp3) is 0.308. The minimum atomic E-state index is 0.0216. The van der Waals surface area contributed by atoms with Gasteiger partial charge in [-0.2, -0.15) is 0 Å². The van der Waals surface area contributed by atoms with Crippen LogP contribution >= 0.6 is 81.2 Å². The van der Waals surface area contributed by atoms with E-state index in [-0.39, 0.29) is 24.9 Å². The van der Waals surface area contributed by atoms with Gasteiger partial charge in [0.15, 0.2) is 0 Å². The van der Waals surface area contributed by atoms with Gasteiger partial charge >= 0.3 is 0 Å². The van der Waals surface area contributed by atoms with Crippen LogP contribution in [0.4, 0.5) is 0 Å². The first-order valence-corrected chi connectivity index (χ1v) is 24.6. The van der Waals surface area contributed by atoms with Crippen LogP contribution in [0.1, 0.15) is 62.8 Å². The molecule has 6 aromatic carbocycles. The number of ether oxygens (including phenoxy) is 4. The SMILES string of the molecule is Clc1cc(C2CNCCO2)ccc1OCc1c(Cl)cccc1Cl.Clc1cccc(Cl)c1CCc1ccc(C2CNCCO2)cc1.Clc1cccc(Cl)c1Cc1ccc(C2CNCCO2)cc1. The highest BCUT2D eigenvalue weighted by molar-refractivity contribution is 6.37. The molecule has 0 amide bonds. The molecular weight excluding hydrogens is 979 g/mol. The third-order valence-corrected chi connectivity index (χ3v) is 13.8. The quantitative estimate of drug-likeness (QED) is 0.119. The van der Waals surface area contributed by atoms with Crippen LogP contribution < -0.4 is 20.7 Å². The first kappa shape index (κ1) is 50.8. The molecule has 3 heterocycles. The number of halogens is 7. The Kier molecular flexibility index (Phi) is 20.0. The van der Waals surface area contributed by atoms with Gasteiger partial charge in [-0.3, -0.25) is 0 Å². The van der Waals surface area contributed by atoms with Crippen molar-refractivity contribution < 1.29 is 18.9 Å². The van der Waals surface area contributed by atoms with Gasteiger partial charge in [-0.05, 0) is 100 Å². The van der Waals surface area contributed by atoms with Gasteiger partial charge < -0.3 is 34.9 Å². The normalized spacial score (nSPS) is 18.3. The van der Waals surface area contributed by atoms with Crippen molar-refractivity contribution in [1.29, 1.82) is 0 Å². The van der Waals surface area contributed by atoms with E-state index in [0.717, 1.165) is 104 Å². The van der Waals surface area contributed by atoms with Crippen LogP contribution in [0, 0.1) is 0 Å². The summed E-state index contributed by atoms with van der Waals surface area (Å²) in [5, 5.41) is 14.6. The van der Waals surface area contributed by atoms with Gasteiger partial charge in [0.2, 0.25) is 0 Å². The summed E-state index contributed by atoms with van der Waals surface area (Å²) in [5.74, 6) is 0.593. The van der Waals surface area contributed by atoms with Crippen molar-refractivity contribution >= 4 is 81.2 Å². The van der Waals surface area contributed by atoms with Crippen LogP contribution in [-0.2, 0) is 40.1 Å². The molecule has 348 valence electrons. The highest BCUT2D eigenvalue weighted by Gasteiger charge is 2.19. The summed E-state index contributed by atoms with van der Waals surface area (Å²) in [6, 6.07) is 39.4. The molecule has 3 fully saturated rings. The van der Waals surface area contributed by atoms with E-state index in [1.54, 1.807) is 18.2 Å². The van der Waals surface area contributed by atoms with Crippen molar-refractivity contribution in [3.05, 3.63) is 201 Å². The third-order valence-electron chi connectivity index (χ3n) is 11.4. The zero-order valence-electron chi connectivity index (χ0n) is 36.3. The predicted molar refractivity (Wildman–Crippen MR) is 273 cm³/mol. The lowest BCUT2D eigenvalue weighted by atomic mass is 10.0. The summed E-state index contributed by atoms with van der Waals surface area (Å²) in [5.41, 5.74) is 8.68. The number of morpholine rings is 3. The van der Waals surface area contributed by atoms with Crippen molar-refractivity contribution in [2.75, 3.05) is 59.1 Å². The van der Waals surface area contributed by atoms with Crippen LogP contribution in [0.15, 0.2) is 121 Å². The fourth-order valence-corrected chi connectivity index (χ4v) is 9.56. The highest BCUT2D eigenvalue weighted by atomic mass is 35.5. The average Bonchev–Trinajstić information content (AvgIpc) is 3.34. The van der Waals surface area contributed by atoms with Crippen LogP contribution in [0.5, 0.6) is 5.75 Å². The summed E-state index contributed by atoms with van der Waals surface area (Å²) in [6.07, 6.45) is 2.85. The number of hydrogen-bond donors (Lipinski definition) is 3. The number of aryl methyl sites for hydroxylation is 1. The largest absolute Gasteiger partial charge is 0.487 e. The van der Waals surface area contributed by atoms with E-state index in [0.29, 0.717) is 37.5 Å². The Bertz CT molecular complexity index is 2400. The second-order valence-electron chi connectivity index (χ2n) is 15.9. The smallest absolute Gasteiger partial charge is 0.138 e. The van der Waals surface area contributed by atoms with Crippen LogP contribution in [-0.4, -0.2) is 59.1 Å². The molecule has 3 saturated heterocycles. The lowest BCUT2D eigenvalue weighted by Crippen LogP contribution is -2.33. The maximum absolute atomic E-state index is 6.33. The van der Waals surface area contributed by atoms with Crippen molar-refractivity contribution in [2.24, 2.45) is 0 Å². The standard InChI is InChI=1S/C18H19Cl2NO.C17H16Cl3NO2.C17H17Cl2NO/c19-16-2-1-3-17(20)15(16)9-6-13-4-7-14(8-5-13)18-12-21-10-11-22-18;18-13-2-1-3-14(19)12(13)10-23-16-5-4-11(8-15(16)20)17-9-21-6-7-22-17;18-15-2-1-3-16(19)14(15)10-12-4-6-13(7-5-12)17-11-20-8-9-21-17/h1-5,7-8,18,21H,6,9-12H2;1-5,8,17,21H,6-7,9-10H2;1-7,17,20H,8-11H2. The summed E-state index contributed by atoms with van der Waals surface area (Å²) >= 11 is 43.5. The van der Waals surface area contributed by atoms with Crippen molar-refractivity contribution in [1.82, 2.24) is 16.0 Å². The number of nitrogens with one attached hydrogen (secondary N) is 3.